The summed E-state index contributed by atoms with van der Waals surface area (Å²) in [6.07, 6.45) is 4.02. The Kier molecular flexibility index (Phi) is 4.46. The predicted octanol–water partition coefficient (Wildman–Crippen LogP) is 3.37. The van der Waals surface area contributed by atoms with Crippen LogP contribution in [0, 0.1) is 5.92 Å². The van der Waals surface area contributed by atoms with Gasteiger partial charge in [0.05, 0.1) is 6.04 Å². The van der Waals surface area contributed by atoms with Gasteiger partial charge in [-0.05, 0) is 42.9 Å². The number of nitrogens with zero attached hydrogens (tertiary/aromatic N) is 1. The number of carbonyl (C=O) groups excluding carboxylic acids is 1. The van der Waals surface area contributed by atoms with E-state index < -0.39 is 0 Å². The third-order valence-corrected chi connectivity index (χ3v) is 3.73. The lowest BCUT2D eigenvalue weighted by Crippen LogP contribution is -2.38. The van der Waals surface area contributed by atoms with Crippen LogP contribution in [0.15, 0.2) is 24.3 Å². The van der Waals surface area contributed by atoms with Crippen molar-refractivity contribution in [3.63, 3.8) is 0 Å². The Hall–Kier alpha value is -1.51. The maximum absolute atomic E-state index is 12.4. The average molecular weight is 260 g/mol. The molecule has 0 radical (unpaired) electrons. The van der Waals surface area contributed by atoms with Gasteiger partial charge in [0.15, 0.2) is 0 Å². The van der Waals surface area contributed by atoms with Crippen molar-refractivity contribution in [2.24, 2.45) is 5.92 Å². The molecule has 19 heavy (non-hydrogen) atoms. The normalized spacial score (nSPS) is 19.7. The number of piperidine rings is 1. The summed E-state index contributed by atoms with van der Waals surface area (Å²) in [7, 11) is 0. The van der Waals surface area contributed by atoms with E-state index in [0.717, 1.165) is 25.1 Å². The summed E-state index contributed by atoms with van der Waals surface area (Å²) >= 11 is 0. The number of rotatable bonds is 3. The Bertz CT molecular complexity index is 425. The highest BCUT2D eigenvalue weighted by Gasteiger charge is 2.27. The molecule has 2 rings (SSSR count). The van der Waals surface area contributed by atoms with E-state index in [1.54, 1.807) is 0 Å². The van der Waals surface area contributed by atoms with Gasteiger partial charge in [0.25, 0.3) is 0 Å². The van der Waals surface area contributed by atoms with Gasteiger partial charge in [0.2, 0.25) is 5.91 Å². The highest BCUT2D eigenvalue weighted by molar-refractivity contribution is 5.77. The highest BCUT2D eigenvalue weighted by atomic mass is 16.2. The van der Waals surface area contributed by atoms with Gasteiger partial charge in [0.1, 0.15) is 0 Å². The summed E-state index contributed by atoms with van der Waals surface area (Å²) in [6.45, 7) is 5.08. The molecule has 1 saturated heterocycles. The zero-order chi connectivity index (χ0) is 13.8. The molecule has 1 aromatic carbocycles. The van der Waals surface area contributed by atoms with Crippen LogP contribution in [0.5, 0.6) is 0 Å². The lowest BCUT2D eigenvalue weighted by Gasteiger charge is -2.36. The first-order valence-corrected chi connectivity index (χ1v) is 7.23. The molecule has 1 aliphatic rings. The van der Waals surface area contributed by atoms with Crippen molar-refractivity contribution >= 4 is 11.6 Å². The first-order valence-electron chi connectivity index (χ1n) is 7.23. The number of nitrogens with two attached hydrogens (primary N) is 1. The molecule has 0 saturated carbocycles. The van der Waals surface area contributed by atoms with Crippen molar-refractivity contribution in [3.05, 3.63) is 29.8 Å². The van der Waals surface area contributed by atoms with Crippen LogP contribution in [-0.2, 0) is 4.79 Å². The number of likely N-dealkylation sites (tertiary alicyclic amines) is 1. The Morgan fingerprint density at radius 2 is 2.00 bits per heavy atom. The summed E-state index contributed by atoms with van der Waals surface area (Å²) in [6, 6.07) is 8.20. The third-order valence-electron chi connectivity index (χ3n) is 3.73. The monoisotopic (exact) mass is 260 g/mol. The lowest BCUT2D eigenvalue weighted by atomic mass is 9.94. The minimum absolute atomic E-state index is 0.237. The molecule has 1 aliphatic heterocycles. The number of nitrogen functional groups attached to an aromatic ring is 1. The van der Waals surface area contributed by atoms with Crippen LogP contribution in [0.1, 0.15) is 51.1 Å². The van der Waals surface area contributed by atoms with Crippen LogP contribution >= 0.6 is 0 Å². The summed E-state index contributed by atoms with van der Waals surface area (Å²) in [5.74, 6) is 0.706. The Balaban J connectivity index is 2.15. The van der Waals surface area contributed by atoms with Gasteiger partial charge in [-0.25, -0.2) is 0 Å². The standard InChI is InChI=1S/C16H24N2O/c1-12(2)11-16(19)18-10-4-3-5-15(18)13-6-8-14(17)9-7-13/h6-9,12,15H,3-5,10-11,17H2,1-2H3. The van der Waals surface area contributed by atoms with Crippen LogP contribution in [0.4, 0.5) is 5.69 Å². The minimum atomic E-state index is 0.237. The minimum Gasteiger partial charge on any atom is -0.399 e. The predicted molar refractivity (Wildman–Crippen MR) is 78.6 cm³/mol. The van der Waals surface area contributed by atoms with Gasteiger partial charge in [-0.3, -0.25) is 4.79 Å². The quantitative estimate of drug-likeness (QED) is 0.847. The van der Waals surface area contributed by atoms with Gasteiger partial charge in [-0.2, -0.15) is 0 Å². The van der Waals surface area contributed by atoms with E-state index in [2.05, 4.69) is 30.9 Å². The van der Waals surface area contributed by atoms with Gasteiger partial charge in [-0.1, -0.05) is 26.0 Å². The van der Waals surface area contributed by atoms with Crippen LogP contribution in [0.25, 0.3) is 0 Å². The van der Waals surface area contributed by atoms with E-state index in [0.29, 0.717) is 12.3 Å². The van der Waals surface area contributed by atoms with Crippen LogP contribution in [0.3, 0.4) is 0 Å². The average Bonchev–Trinajstić information content (AvgIpc) is 2.39. The second kappa shape index (κ2) is 6.09. The molecule has 1 aromatic rings. The van der Waals surface area contributed by atoms with E-state index >= 15 is 0 Å². The SMILES string of the molecule is CC(C)CC(=O)N1CCCCC1c1ccc(N)cc1. The fraction of sp³-hybridized carbons (Fsp3) is 0.562. The molecule has 3 nitrogen and oxygen atoms in total. The van der Waals surface area contributed by atoms with E-state index in [9.17, 15) is 4.79 Å². The van der Waals surface area contributed by atoms with Crippen molar-refractivity contribution in [2.45, 2.75) is 45.6 Å². The number of benzene rings is 1. The number of carbonyl (C=O) groups is 1. The van der Waals surface area contributed by atoms with Crippen molar-refractivity contribution in [3.8, 4) is 0 Å². The molecule has 0 spiro atoms. The number of amides is 1. The van der Waals surface area contributed by atoms with Crippen molar-refractivity contribution < 1.29 is 4.79 Å². The van der Waals surface area contributed by atoms with E-state index in [-0.39, 0.29) is 11.9 Å². The molecule has 1 heterocycles. The number of hydrogen-bond acceptors (Lipinski definition) is 2. The first kappa shape index (κ1) is 13.9. The van der Waals surface area contributed by atoms with Gasteiger partial charge in [0, 0.05) is 18.7 Å². The molecule has 0 aliphatic carbocycles. The summed E-state index contributed by atoms with van der Waals surface area (Å²) < 4.78 is 0. The third kappa shape index (κ3) is 3.49. The van der Waals surface area contributed by atoms with Crippen LogP contribution < -0.4 is 5.73 Å². The maximum Gasteiger partial charge on any atom is 0.223 e. The highest BCUT2D eigenvalue weighted by Crippen LogP contribution is 2.32. The zero-order valence-corrected chi connectivity index (χ0v) is 11.9. The second-order valence-corrected chi connectivity index (χ2v) is 5.86. The number of anilines is 1. The van der Waals surface area contributed by atoms with Crippen molar-refractivity contribution in [2.75, 3.05) is 12.3 Å². The largest absolute Gasteiger partial charge is 0.399 e. The summed E-state index contributed by atoms with van der Waals surface area (Å²) in [5.41, 5.74) is 7.73. The first-order chi connectivity index (χ1) is 9.08. The van der Waals surface area contributed by atoms with Gasteiger partial charge in [-0.15, -0.1) is 0 Å². The molecule has 1 amide bonds. The van der Waals surface area contributed by atoms with Gasteiger partial charge < -0.3 is 10.6 Å². The zero-order valence-electron chi connectivity index (χ0n) is 11.9. The molecule has 1 unspecified atom stereocenters. The van der Waals surface area contributed by atoms with Crippen molar-refractivity contribution in [1.82, 2.24) is 4.90 Å². The Labute approximate surface area is 115 Å². The van der Waals surface area contributed by atoms with E-state index in [1.807, 2.05) is 12.1 Å². The van der Waals surface area contributed by atoms with E-state index in [1.165, 1.54) is 12.0 Å². The Morgan fingerprint density at radius 1 is 1.32 bits per heavy atom. The smallest absolute Gasteiger partial charge is 0.223 e. The molecule has 1 fully saturated rings. The fourth-order valence-corrected chi connectivity index (χ4v) is 2.76. The van der Waals surface area contributed by atoms with E-state index in [4.69, 9.17) is 5.73 Å². The molecular formula is C16H24N2O. The Morgan fingerprint density at radius 3 is 2.63 bits per heavy atom. The van der Waals surface area contributed by atoms with Crippen LogP contribution in [-0.4, -0.2) is 17.4 Å². The fourth-order valence-electron chi connectivity index (χ4n) is 2.76. The molecule has 2 N–H and O–H groups in total. The molecule has 0 bridgehead atoms. The molecular weight excluding hydrogens is 236 g/mol. The van der Waals surface area contributed by atoms with Crippen molar-refractivity contribution in [1.29, 1.82) is 0 Å². The number of hydrogen-bond donors (Lipinski definition) is 1. The maximum atomic E-state index is 12.4. The summed E-state index contributed by atoms with van der Waals surface area (Å²) in [4.78, 5) is 14.4. The lowest BCUT2D eigenvalue weighted by molar-refractivity contribution is -0.135. The van der Waals surface area contributed by atoms with Gasteiger partial charge >= 0.3 is 0 Å². The molecule has 3 heteroatoms. The molecule has 1 atom stereocenters. The molecule has 104 valence electrons. The second-order valence-electron chi connectivity index (χ2n) is 5.86. The van der Waals surface area contributed by atoms with Crippen LogP contribution in [0.2, 0.25) is 0 Å². The molecule has 0 aromatic heterocycles. The summed E-state index contributed by atoms with van der Waals surface area (Å²) in [5, 5.41) is 0. The topological polar surface area (TPSA) is 46.3 Å².